The molecule has 8 heteroatoms. The summed E-state index contributed by atoms with van der Waals surface area (Å²) in [5.74, 6) is 0.504. The van der Waals surface area contributed by atoms with Gasteiger partial charge in [0.2, 0.25) is 0 Å². The lowest BCUT2D eigenvalue weighted by Crippen LogP contribution is -2.24. The number of halogens is 1. The number of methoxy groups -OCH3 is 1. The van der Waals surface area contributed by atoms with E-state index in [1.807, 2.05) is 66.9 Å². The lowest BCUT2D eigenvalue weighted by molar-refractivity contribution is 0.0950. The summed E-state index contributed by atoms with van der Waals surface area (Å²) in [5.41, 5.74) is 3.66. The van der Waals surface area contributed by atoms with Crippen LogP contribution in [0.3, 0.4) is 0 Å². The highest BCUT2D eigenvalue weighted by Gasteiger charge is 2.20. The van der Waals surface area contributed by atoms with Crippen LogP contribution in [0.1, 0.15) is 27.3 Å². The minimum atomic E-state index is -0.277. The number of hydrogen-bond donors (Lipinski definition) is 1. The molecular weight excluding hydrogens is 414 g/mol. The van der Waals surface area contributed by atoms with E-state index in [1.54, 1.807) is 23.4 Å². The van der Waals surface area contributed by atoms with Gasteiger partial charge < -0.3 is 10.1 Å². The summed E-state index contributed by atoms with van der Waals surface area (Å²) in [4.78, 5) is 12.8. The zero-order chi connectivity index (χ0) is 21.8. The first-order valence-electron chi connectivity index (χ1n) is 9.79. The van der Waals surface area contributed by atoms with Crippen molar-refractivity contribution in [1.82, 2.24) is 24.9 Å². The molecule has 0 fully saturated rings. The maximum Gasteiger partial charge on any atom is 0.256 e. The Morgan fingerprint density at radius 3 is 2.52 bits per heavy atom. The third-order valence-electron chi connectivity index (χ3n) is 4.88. The molecule has 0 aliphatic carbocycles. The molecule has 158 valence electrons. The predicted octanol–water partition coefficient (Wildman–Crippen LogP) is 4.02. The Morgan fingerprint density at radius 2 is 1.81 bits per heavy atom. The van der Waals surface area contributed by atoms with Gasteiger partial charge >= 0.3 is 0 Å². The summed E-state index contributed by atoms with van der Waals surface area (Å²) in [6.45, 7) is 2.56. The van der Waals surface area contributed by atoms with Crippen molar-refractivity contribution in [2.75, 3.05) is 7.11 Å². The van der Waals surface area contributed by atoms with Crippen LogP contribution in [0.5, 0.6) is 5.75 Å². The zero-order valence-electron chi connectivity index (χ0n) is 17.2. The topological polar surface area (TPSA) is 74.0 Å². The summed E-state index contributed by atoms with van der Waals surface area (Å²) in [6, 6.07) is 19.3. The van der Waals surface area contributed by atoms with Crippen LogP contribution in [-0.4, -0.2) is 32.6 Å². The fourth-order valence-corrected chi connectivity index (χ4v) is 3.59. The van der Waals surface area contributed by atoms with E-state index in [4.69, 9.17) is 16.3 Å². The normalized spacial score (nSPS) is 10.8. The number of aromatic nitrogens is 4. The van der Waals surface area contributed by atoms with Gasteiger partial charge in [-0.15, -0.1) is 0 Å². The number of rotatable bonds is 7. The van der Waals surface area contributed by atoms with Crippen LogP contribution in [0.4, 0.5) is 0 Å². The van der Waals surface area contributed by atoms with E-state index in [-0.39, 0.29) is 12.5 Å². The number of carbonyl (C=O) groups is 1. The first-order valence-corrected chi connectivity index (χ1v) is 10.2. The molecule has 0 bridgehead atoms. The van der Waals surface area contributed by atoms with Gasteiger partial charge in [0.1, 0.15) is 10.9 Å². The molecular formula is C23H22ClN5O2. The van der Waals surface area contributed by atoms with Crippen molar-refractivity contribution < 1.29 is 9.53 Å². The van der Waals surface area contributed by atoms with E-state index in [2.05, 4.69) is 15.5 Å². The van der Waals surface area contributed by atoms with Gasteiger partial charge in [-0.05, 0) is 42.8 Å². The fraction of sp³-hybridized carbons (Fsp3) is 0.174. The Hall–Kier alpha value is -3.58. The van der Waals surface area contributed by atoms with E-state index in [0.717, 1.165) is 22.7 Å². The van der Waals surface area contributed by atoms with E-state index in [1.165, 1.54) is 0 Å². The van der Waals surface area contributed by atoms with E-state index >= 15 is 0 Å². The van der Waals surface area contributed by atoms with Crippen LogP contribution < -0.4 is 10.1 Å². The van der Waals surface area contributed by atoms with Gasteiger partial charge in [0, 0.05) is 6.20 Å². The first kappa shape index (κ1) is 20.7. The molecule has 0 aliphatic heterocycles. The molecule has 0 radical (unpaired) electrons. The van der Waals surface area contributed by atoms with Gasteiger partial charge in [0.15, 0.2) is 0 Å². The van der Waals surface area contributed by atoms with Crippen molar-refractivity contribution >= 4 is 17.5 Å². The lowest BCUT2D eigenvalue weighted by Gasteiger charge is -2.05. The SMILES string of the molecule is COc1ccc(-n2ccc(CNC(=O)c3c(C)nn(Cc4ccccc4)c3Cl)n2)cc1. The molecule has 4 rings (SSSR count). The fourth-order valence-electron chi connectivity index (χ4n) is 3.27. The predicted molar refractivity (Wildman–Crippen MR) is 119 cm³/mol. The second kappa shape index (κ2) is 9.06. The largest absolute Gasteiger partial charge is 0.497 e. The van der Waals surface area contributed by atoms with E-state index < -0.39 is 0 Å². The standard InChI is InChI=1S/C23H22ClN5O2/c1-16-21(22(24)29(26-16)15-17-6-4-3-5-7-17)23(30)25-14-18-12-13-28(27-18)19-8-10-20(31-2)11-9-19/h3-13H,14-15H2,1-2H3,(H,25,30). The van der Waals surface area contributed by atoms with Gasteiger partial charge in [-0.25, -0.2) is 9.36 Å². The molecule has 2 aromatic carbocycles. The first-order chi connectivity index (χ1) is 15.0. The van der Waals surface area contributed by atoms with Crippen LogP contribution in [-0.2, 0) is 13.1 Å². The summed E-state index contributed by atoms with van der Waals surface area (Å²) in [5, 5.41) is 12.2. The van der Waals surface area contributed by atoms with Crippen molar-refractivity contribution in [3.8, 4) is 11.4 Å². The molecule has 31 heavy (non-hydrogen) atoms. The Kier molecular flexibility index (Phi) is 6.04. The highest BCUT2D eigenvalue weighted by atomic mass is 35.5. The third-order valence-corrected chi connectivity index (χ3v) is 5.26. The molecule has 7 nitrogen and oxygen atoms in total. The smallest absolute Gasteiger partial charge is 0.256 e. The van der Waals surface area contributed by atoms with Gasteiger partial charge in [-0.2, -0.15) is 10.2 Å². The van der Waals surface area contributed by atoms with Crippen LogP contribution in [0.15, 0.2) is 66.9 Å². The molecule has 0 aliphatic rings. The molecule has 4 aromatic rings. The van der Waals surface area contributed by atoms with E-state index in [0.29, 0.717) is 23.0 Å². The number of aryl methyl sites for hydroxylation is 1. The van der Waals surface area contributed by atoms with Crippen molar-refractivity contribution in [3.63, 3.8) is 0 Å². The summed E-state index contributed by atoms with van der Waals surface area (Å²) in [6.07, 6.45) is 1.85. The molecule has 1 N–H and O–H groups in total. The van der Waals surface area contributed by atoms with Crippen molar-refractivity contribution in [3.05, 3.63) is 94.5 Å². The maximum absolute atomic E-state index is 12.8. The monoisotopic (exact) mass is 435 g/mol. The molecule has 0 spiro atoms. The van der Waals surface area contributed by atoms with Crippen molar-refractivity contribution in [2.45, 2.75) is 20.0 Å². The van der Waals surface area contributed by atoms with Crippen molar-refractivity contribution in [2.24, 2.45) is 0 Å². The molecule has 2 heterocycles. The highest BCUT2D eigenvalue weighted by Crippen LogP contribution is 2.21. The Balaban J connectivity index is 1.43. The van der Waals surface area contributed by atoms with Gasteiger partial charge in [0.25, 0.3) is 5.91 Å². The van der Waals surface area contributed by atoms with E-state index in [9.17, 15) is 4.79 Å². The quantitative estimate of drug-likeness (QED) is 0.476. The summed E-state index contributed by atoms with van der Waals surface area (Å²) in [7, 11) is 1.63. The second-order valence-corrected chi connectivity index (χ2v) is 7.38. The number of nitrogens with one attached hydrogen (secondary N) is 1. The van der Waals surface area contributed by atoms with Gasteiger partial charge in [-0.3, -0.25) is 4.79 Å². The number of nitrogens with zero attached hydrogens (tertiary/aromatic N) is 4. The summed E-state index contributed by atoms with van der Waals surface area (Å²) >= 11 is 6.47. The molecule has 0 atom stereocenters. The second-order valence-electron chi connectivity index (χ2n) is 7.03. The highest BCUT2D eigenvalue weighted by molar-refractivity contribution is 6.33. The van der Waals surface area contributed by atoms with Gasteiger partial charge in [-0.1, -0.05) is 41.9 Å². The molecule has 2 aromatic heterocycles. The number of carbonyl (C=O) groups excluding carboxylic acids is 1. The molecule has 0 unspecified atom stereocenters. The molecule has 1 amide bonds. The average Bonchev–Trinajstić information content (AvgIpc) is 3.37. The van der Waals surface area contributed by atoms with Gasteiger partial charge in [0.05, 0.1) is 42.8 Å². The van der Waals surface area contributed by atoms with Crippen LogP contribution >= 0.6 is 11.6 Å². The number of amides is 1. The average molecular weight is 436 g/mol. The minimum absolute atomic E-state index is 0.277. The Morgan fingerprint density at radius 1 is 1.06 bits per heavy atom. The number of hydrogen-bond acceptors (Lipinski definition) is 4. The van der Waals surface area contributed by atoms with Crippen LogP contribution in [0, 0.1) is 6.92 Å². The minimum Gasteiger partial charge on any atom is -0.497 e. The number of benzene rings is 2. The number of ether oxygens (including phenoxy) is 1. The van der Waals surface area contributed by atoms with Crippen LogP contribution in [0.25, 0.3) is 5.69 Å². The Bertz CT molecular complexity index is 1180. The van der Waals surface area contributed by atoms with Crippen LogP contribution in [0.2, 0.25) is 5.15 Å². The Labute approximate surface area is 185 Å². The lowest BCUT2D eigenvalue weighted by atomic mass is 10.2. The molecule has 0 saturated carbocycles. The third kappa shape index (κ3) is 4.62. The zero-order valence-corrected chi connectivity index (χ0v) is 18.0. The molecule has 0 saturated heterocycles. The van der Waals surface area contributed by atoms with Crippen molar-refractivity contribution in [1.29, 1.82) is 0 Å². The summed E-state index contributed by atoms with van der Waals surface area (Å²) < 4.78 is 8.56. The maximum atomic E-state index is 12.8.